The van der Waals surface area contributed by atoms with E-state index >= 15 is 0 Å². The van der Waals surface area contributed by atoms with E-state index in [0.29, 0.717) is 26.6 Å². The Hall–Kier alpha value is -0.900. The van der Waals surface area contributed by atoms with Gasteiger partial charge in [0.05, 0.1) is 15.7 Å². The topological polar surface area (TPSA) is 43.8 Å². The van der Waals surface area contributed by atoms with Gasteiger partial charge < -0.3 is 5.73 Å². The third-order valence-electron chi connectivity index (χ3n) is 2.70. The summed E-state index contributed by atoms with van der Waals surface area (Å²) in [5, 5.41) is 5.77. The van der Waals surface area contributed by atoms with Gasteiger partial charge in [-0.1, -0.05) is 55.6 Å². The summed E-state index contributed by atoms with van der Waals surface area (Å²) in [6, 6.07) is 5.05. The molecule has 6 heteroatoms. The van der Waals surface area contributed by atoms with Gasteiger partial charge in [-0.2, -0.15) is 5.10 Å². The quantitative estimate of drug-likeness (QED) is 0.827. The van der Waals surface area contributed by atoms with E-state index in [-0.39, 0.29) is 5.41 Å². The van der Waals surface area contributed by atoms with E-state index in [0.717, 1.165) is 5.69 Å². The largest absolute Gasteiger partial charge is 0.384 e. The lowest BCUT2D eigenvalue weighted by molar-refractivity contribution is 0.560. The first kappa shape index (κ1) is 14.5. The molecule has 3 nitrogen and oxygen atoms in total. The second kappa shape index (κ2) is 4.89. The maximum Gasteiger partial charge on any atom is 0.127 e. The van der Waals surface area contributed by atoms with Crippen LogP contribution < -0.4 is 5.73 Å². The molecule has 0 amide bonds. The van der Waals surface area contributed by atoms with E-state index in [1.54, 1.807) is 16.8 Å². The molecule has 0 aliphatic heterocycles. The summed E-state index contributed by atoms with van der Waals surface area (Å²) in [6.45, 7) is 6.18. The first-order chi connectivity index (χ1) is 8.70. The van der Waals surface area contributed by atoms with Crippen molar-refractivity contribution in [2.75, 3.05) is 5.73 Å². The predicted octanol–water partition coefficient (Wildman–Crippen LogP) is 4.71. The molecule has 0 unspecified atom stereocenters. The molecule has 2 N–H and O–H groups in total. The minimum atomic E-state index is -0.106. The second-order valence-corrected chi connectivity index (χ2v) is 6.59. The van der Waals surface area contributed by atoms with Gasteiger partial charge in [-0.05, 0) is 12.1 Å². The first-order valence-corrected chi connectivity index (χ1v) is 6.84. The van der Waals surface area contributed by atoms with Crippen molar-refractivity contribution in [3.8, 4) is 5.69 Å². The predicted molar refractivity (Wildman–Crippen MR) is 81.7 cm³/mol. The van der Waals surface area contributed by atoms with E-state index in [1.165, 1.54) is 0 Å². The van der Waals surface area contributed by atoms with E-state index in [9.17, 15) is 0 Å². The van der Waals surface area contributed by atoms with Crippen LogP contribution in [-0.4, -0.2) is 9.78 Å². The molecule has 0 atom stereocenters. The Balaban J connectivity index is 2.64. The van der Waals surface area contributed by atoms with Crippen LogP contribution in [0.5, 0.6) is 0 Å². The average Bonchev–Trinajstić information content (AvgIpc) is 2.59. The molecule has 102 valence electrons. The Morgan fingerprint density at radius 3 is 2.00 bits per heavy atom. The van der Waals surface area contributed by atoms with Crippen molar-refractivity contribution >= 4 is 40.6 Å². The lowest BCUT2D eigenvalue weighted by Crippen LogP contribution is -2.12. The highest BCUT2D eigenvalue weighted by atomic mass is 35.5. The van der Waals surface area contributed by atoms with Crippen LogP contribution in [0.1, 0.15) is 26.5 Å². The van der Waals surface area contributed by atoms with Gasteiger partial charge in [0.15, 0.2) is 0 Å². The molecule has 0 aliphatic rings. The van der Waals surface area contributed by atoms with Crippen LogP contribution in [0.2, 0.25) is 15.1 Å². The maximum atomic E-state index is 6.18. The number of anilines is 1. The van der Waals surface area contributed by atoms with Gasteiger partial charge in [-0.15, -0.1) is 0 Å². The summed E-state index contributed by atoms with van der Waals surface area (Å²) >= 11 is 18.3. The number of benzene rings is 1. The van der Waals surface area contributed by atoms with Gasteiger partial charge in [0.2, 0.25) is 0 Å². The zero-order valence-corrected chi connectivity index (χ0v) is 13.1. The number of nitrogen functional groups attached to an aromatic ring is 1. The number of aromatic nitrogens is 2. The van der Waals surface area contributed by atoms with Crippen molar-refractivity contribution in [1.82, 2.24) is 9.78 Å². The Bertz CT molecular complexity index is 604. The van der Waals surface area contributed by atoms with Crippen LogP contribution in [0, 0.1) is 0 Å². The molecular formula is C13H14Cl3N3. The normalized spacial score (nSPS) is 11.9. The van der Waals surface area contributed by atoms with Crippen LogP contribution in [0.25, 0.3) is 5.69 Å². The highest BCUT2D eigenvalue weighted by molar-refractivity contribution is 6.40. The molecule has 19 heavy (non-hydrogen) atoms. The van der Waals surface area contributed by atoms with Gasteiger partial charge in [0, 0.05) is 16.5 Å². The van der Waals surface area contributed by atoms with Crippen molar-refractivity contribution in [3.05, 3.63) is 39.0 Å². The van der Waals surface area contributed by atoms with Crippen molar-refractivity contribution in [1.29, 1.82) is 0 Å². The first-order valence-electron chi connectivity index (χ1n) is 5.71. The van der Waals surface area contributed by atoms with Gasteiger partial charge in [-0.25, -0.2) is 4.68 Å². The standard InChI is InChI=1S/C13H14Cl3N3/c1-13(2,3)10-6-11(17)19(18-10)12-8(15)4-7(14)5-9(12)16/h4-6H,17H2,1-3H3. The monoisotopic (exact) mass is 317 g/mol. The summed E-state index contributed by atoms with van der Waals surface area (Å²) < 4.78 is 1.54. The molecule has 2 rings (SSSR count). The van der Waals surface area contributed by atoms with Crippen molar-refractivity contribution in [3.63, 3.8) is 0 Å². The molecule has 1 heterocycles. The number of nitrogens with two attached hydrogens (primary N) is 1. The molecule has 0 saturated heterocycles. The molecule has 0 bridgehead atoms. The Labute approximate surface area is 127 Å². The highest BCUT2D eigenvalue weighted by Gasteiger charge is 2.21. The van der Waals surface area contributed by atoms with E-state index < -0.39 is 0 Å². The number of hydrogen-bond acceptors (Lipinski definition) is 2. The van der Waals surface area contributed by atoms with Crippen LogP contribution in [-0.2, 0) is 5.41 Å². The fraction of sp³-hybridized carbons (Fsp3) is 0.308. The molecule has 1 aromatic carbocycles. The molecule has 2 aromatic rings. The van der Waals surface area contributed by atoms with Crippen LogP contribution in [0.4, 0.5) is 5.82 Å². The minimum Gasteiger partial charge on any atom is -0.384 e. The van der Waals surface area contributed by atoms with E-state index in [2.05, 4.69) is 25.9 Å². The smallest absolute Gasteiger partial charge is 0.127 e. The van der Waals surface area contributed by atoms with Gasteiger partial charge in [-0.3, -0.25) is 0 Å². The molecule has 0 radical (unpaired) electrons. The average molecular weight is 319 g/mol. The fourth-order valence-corrected chi connectivity index (χ4v) is 2.66. The van der Waals surface area contributed by atoms with Crippen LogP contribution >= 0.6 is 34.8 Å². The number of hydrogen-bond donors (Lipinski definition) is 1. The molecule has 0 fully saturated rings. The van der Waals surface area contributed by atoms with Crippen molar-refractivity contribution in [2.45, 2.75) is 26.2 Å². The van der Waals surface area contributed by atoms with Crippen LogP contribution in [0.3, 0.4) is 0 Å². The molecule has 1 aromatic heterocycles. The maximum absolute atomic E-state index is 6.18. The minimum absolute atomic E-state index is 0.106. The third-order valence-corrected chi connectivity index (χ3v) is 3.49. The SMILES string of the molecule is CC(C)(C)c1cc(N)n(-c2c(Cl)cc(Cl)cc2Cl)n1. The summed E-state index contributed by atoms with van der Waals surface area (Å²) in [6.07, 6.45) is 0. The summed E-state index contributed by atoms with van der Waals surface area (Å²) in [5.41, 5.74) is 7.30. The molecular weight excluding hydrogens is 305 g/mol. The number of halogens is 3. The summed E-state index contributed by atoms with van der Waals surface area (Å²) in [5.74, 6) is 0.482. The molecule has 0 spiro atoms. The number of nitrogens with zero attached hydrogens (tertiary/aromatic N) is 2. The van der Waals surface area contributed by atoms with Crippen molar-refractivity contribution < 1.29 is 0 Å². The lowest BCUT2D eigenvalue weighted by atomic mass is 9.92. The molecule has 0 saturated carbocycles. The number of rotatable bonds is 1. The van der Waals surface area contributed by atoms with Gasteiger partial charge >= 0.3 is 0 Å². The fourth-order valence-electron chi connectivity index (χ4n) is 1.68. The Morgan fingerprint density at radius 2 is 1.58 bits per heavy atom. The summed E-state index contributed by atoms with van der Waals surface area (Å²) in [7, 11) is 0. The highest BCUT2D eigenvalue weighted by Crippen LogP contribution is 2.34. The van der Waals surface area contributed by atoms with Crippen LogP contribution in [0.15, 0.2) is 18.2 Å². The van der Waals surface area contributed by atoms with Crippen molar-refractivity contribution in [2.24, 2.45) is 0 Å². The third kappa shape index (κ3) is 2.83. The van der Waals surface area contributed by atoms with E-state index in [1.807, 2.05) is 6.07 Å². The second-order valence-electron chi connectivity index (χ2n) is 5.33. The Kier molecular flexibility index (Phi) is 3.74. The zero-order chi connectivity index (χ0) is 14.4. The lowest BCUT2D eigenvalue weighted by Gasteiger charge is -2.14. The molecule has 0 aliphatic carbocycles. The summed E-state index contributed by atoms with van der Waals surface area (Å²) in [4.78, 5) is 0. The van der Waals surface area contributed by atoms with Gasteiger partial charge in [0.25, 0.3) is 0 Å². The van der Waals surface area contributed by atoms with E-state index in [4.69, 9.17) is 40.5 Å². The zero-order valence-electron chi connectivity index (χ0n) is 10.8. The Morgan fingerprint density at radius 1 is 1.05 bits per heavy atom. The van der Waals surface area contributed by atoms with Gasteiger partial charge in [0.1, 0.15) is 11.5 Å².